The maximum absolute atomic E-state index is 2.42. The summed E-state index contributed by atoms with van der Waals surface area (Å²) in [5.74, 6) is 0. The molecule has 1 fully saturated rings. The molecule has 0 aliphatic carbocycles. The van der Waals surface area contributed by atoms with Crippen molar-refractivity contribution in [1.29, 1.82) is 0 Å². The topological polar surface area (TPSA) is 3.24 Å². The zero-order chi connectivity index (χ0) is 11.4. The number of piperidine rings is 1. The zero-order valence-electron chi connectivity index (χ0n) is 10.3. The number of hydrogen-bond donors (Lipinski definition) is 0. The lowest BCUT2D eigenvalue weighted by atomic mass is 9.75. The Labute approximate surface area is 98.8 Å². The Hall–Kier alpha value is -1.24. The molecule has 1 aliphatic heterocycles. The van der Waals surface area contributed by atoms with Crippen molar-refractivity contribution in [2.24, 2.45) is 0 Å². The van der Waals surface area contributed by atoms with Crippen LogP contribution in [0, 0.1) is 0 Å². The first-order valence-electron chi connectivity index (χ1n) is 6.17. The molecule has 0 amide bonds. The molecule has 1 nitrogen and oxygen atoms in total. The van der Waals surface area contributed by atoms with Crippen molar-refractivity contribution in [2.45, 2.75) is 32.1 Å². The molecule has 0 bridgehead atoms. The first-order chi connectivity index (χ1) is 7.74. The summed E-state index contributed by atoms with van der Waals surface area (Å²) in [5, 5.41) is 0. The molecule has 0 spiro atoms. The van der Waals surface area contributed by atoms with Crippen LogP contribution in [0.3, 0.4) is 0 Å². The molecule has 16 heavy (non-hydrogen) atoms. The van der Waals surface area contributed by atoms with E-state index in [2.05, 4.69) is 61.4 Å². The maximum atomic E-state index is 2.42. The van der Waals surface area contributed by atoms with Gasteiger partial charge in [0, 0.05) is 13.1 Å². The minimum absolute atomic E-state index is 0.374. The summed E-state index contributed by atoms with van der Waals surface area (Å²) in [6.45, 7) is 6.84. The van der Waals surface area contributed by atoms with Crippen molar-refractivity contribution < 1.29 is 0 Å². The molecule has 0 N–H and O–H groups in total. The van der Waals surface area contributed by atoms with Crippen molar-refractivity contribution in [2.75, 3.05) is 13.1 Å². The van der Waals surface area contributed by atoms with Gasteiger partial charge in [-0.15, -0.1) is 0 Å². The van der Waals surface area contributed by atoms with Crippen molar-refractivity contribution >= 4 is 0 Å². The normalized spacial score (nSPS) is 20.2. The lowest BCUT2D eigenvalue weighted by molar-refractivity contribution is 0.221. The van der Waals surface area contributed by atoms with Crippen LogP contribution in [0.5, 0.6) is 0 Å². The fourth-order valence-corrected chi connectivity index (χ4v) is 2.51. The summed E-state index contributed by atoms with van der Waals surface area (Å²) in [5.41, 5.74) is 1.87. The predicted octanol–water partition coefficient (Wildman–Crippen LogP) is 3.57. The predicted molar refractivity (Wildman–Crippen MR) is 69.4 cm³/mol. The summed E-state index contributed by atoms with van der Waals surface area (Å²) >= 11 is 0. The summed E-state index contributed by atoms with van der Waals surface area (Å²) in [6, 6.07) is 10.9. The Morgan fingerprint density at radius 2 is 1.75 bits per heavy atom. The first kappa shape index (κ1) is 11.3. The molecule has 1 heteroatoms. The Kier molecular flexibility index (Phi) is 3.33. The average Bonchev–Trinajstić information content (AvgIpc) is 2.34. The van der Waals surface area contributed by atoms with Crippen LogP contribution in [-0.2, 0) is 5.41 Å². The third kappa shape index (κ3) is 2.29. The van der Waals surface area contributed by atoms with E-state index in [9.17, 15) is 0 Å². The molecule has 1 aliphatic rings. The Morgan fingerprint density at radius 1 is 1.12 bits per heavy atom. The molecule has 1 aromatic carbocycles. The van der Waals surface area contributed by atoms with E-state index >= 15 is 0 Å². The van der Waals surface area contributed by atoms with Crippen LogP contribution in [0.25, 0.3) is 0 Å². The highest BCUT2D eigenvalue weighted by Gasteiger charge is 2.30. The van der Waals surface area contributed by atoms with E-state index in [4.69, 9.17) is 0 Å². The molecule has 0 saturated carbocycles. The highest BCUT2D eigenvalue weighted by Crippen LogP contribution is 2.34. The number of allylic oxidation sites excluding steroid dienone is 1. The van der Waals surface area contributed by atoms with Gasteiger partial charge in [0.25, 0.3) is 0 Å². The SMILES string of the molecule is C/C=C/N1CCC(C)(c2ccccc2)CC1. The van der Waals surface area contributed by atoms with Gasteiger partial charge in [0.05, 0.1) is 0 Å². The lowest BCUT2D eigenvalue weighted by Crippen LogP contribution is -2.38. The van der Waals surface area contributed by atoms with Crippen LogP contribution in [0.15, 0.2) is 42.6 Å². The van der Waals surface area contributed by atoms with E-state index in [1.807, 2.05) is 0 Å². The molecule has 1 aromatic rings. The van der Waals surface area contributed by atoms with Crippen LogP contribution in [0.2, 0.25) is 0 Å². The lowest BCUT2D eigenvalue weighted by Gasteiger charge is -2.39. The van der Waals surface area contributed by atoms with Crippen LogP contribution in [-0.4, -0.2) is 18.0 Å². The Bertz CT molecular complexity index is 345. The second-order valence-electron chi connectivity index (χ2n) is 4.95. The van der Waals surface area contributed by atoms with Gasteiger partial charge in [-0.3, -0.25) is 0 Å². The molecule has 0 radical (unpaired) electrons. The Balaban J connectivity index is 2.07. The second kappa shape index (κ2) is 4.73. The van der Waals surface area contributed by atoms with Gasteiger partial charge in [0.15, 0.2) is 0 Å². The number of benzene rings is 1. The molecular formula is C15H21N. The van der Waals surface area contributed by atoms with Gasteiger partial charge < -0.3 is 4.90 Å². The summed E-state index contributed by atoms with van der Waals surface area (Å²) in [7, 11) is 0. The van der Waals surface area contributed by atoms with Crippen LogP contribution < -0.4 is 0 Å². The van der Waals surface area contributed by atoms with E-state index in [0.29, 0.717) is 5.41 Å². The highest BCUT2D eigenvalue weighted by molar-refractivity contribution is 5.25. The molecule has 0 atom stereocenters. The quantitative estimate of drug-likeness (QED) is 0.729. The smallest absolute Gasteiger partial charge is 0.0180 e. The largest absolute Gasteiger partial charge is 0.378 e. The molecule has 86 valence electrons. The van der Waals surface area contributed by atoms with Crippen LogP contribution in [0.1, 0.15) is 32.3 Å². The molecule has 2 rings (SSSR count). The highest BCUT2D eigenvalue weighted by atomic mass is 15.1. The van der Waals surface area contributed by atoms with Gasteiger partial charge in [-0.2, -0.15) is 0 Å². The van der Waals surface area contributed by atoms with Gasteiger partial charge >= 0.3 is 0 Å². The number of hydrogen-bond acceptors (Lipinski definition) is 1. The van der Waals surface area contributed by atoms with Gasteiger partial charge in [-0.05, 0) is 36.9 Å². The number of likely N-dealkylation sites (tertiary alicyclic amines) is 1. The number of nitrogens with zero attached hydrogens (tertiary/aromatic N) is 1. The van der Waals surface area contributed by atoms with Gasteiger partial charge in [-0.25, -0.2) is 0 Å². The fraction of sp³-hybridized carbons (Fsp3) is 0.467. The third-order valence-electron chi connectivity index (χ3n) is 3.73. The third-order valence-corrected chi connectivity index (χ3v) is 3.73. The number of rotatable bonds is 2. The minimum atomic E-state index is 0.374. The van der Waals surface area contributed by atoms with E-state index < -0.39 is 0 Å². The summed E-state index contributed by atoms with van der Waals surface area (Å²) < 4.78 is 0. The van der Waals surface area contributed by atoms with Gasteiger partial charge in [0.1, 0.15) is 0 Å². The molecule has 1 heterocycles. The zero-order valence-corrected chi connectivity index (χ0v) is 10.3. The van der Waals surface area contributed by atoms with Crippen LogP contribution >= 0.6 is 0 Å². The standard InChI is InChI=1S/C15H21N/c1-3-11-16-12-9-15(2,10-13-16)14-7-5-4-6-8-14/h3-8,11H,9-10,12-13H2,1-2H3/b11-3+. The average molecular weight is 215 g/mol. The molecule has 1 saturated heterocycles. The van der Waals surface area contributed by atoms with E-state index in [0.717, 1.165) is 0 Å². The van der Waals surface area contributed by atoms with Crippen molar-refractivity contribution in [3.05, 3.63) is 48.2 Å². The van der Waals surface area contributed by atoms with Gasteiger partial charge in [0.2, 0.25) is 0 Å². The Morgan fingerprint density at radius 3 is 2.31 bits per heavy atom. The summed E-state index contributed by atoms with van der Waals surface area (Å²) in [4.78, 5) is 2.42. The van der Waals surface area contributed by atoms with E-state index in [1.54, 1.807) is 0 Å². The summed E-state index contributed by atoms with van der Waals surface area (Å²) in [6.07, 6.45) is 6.85. The van der Waals surface area contributed by atoms with Crippen LogP contribution in [0.4, 0.5) is 0 Å². The molecular weight excluding hydrogens is 194 g/mol. The van der Waals surface area contributed by atoms with E-state index in [1.165, 1.54) is 31.5 Å². The van der Waals surface area contributed by atoms with Crippen molar-refractivity contribution in [3.63, 3.8) is 0 Å². The van der Waals surface area contributed by atoms with Gasteiger partial charge in [-0.1, -0.05) is 43.3 Å². The fourth-order valence-electron chi connectivity index (χ4n) is 2.51. The first-order valence-corrected chi connectivity index (χ1v) is 6.17. The molecule has 0 aromatic heterocycles. The van der Waals surface area contributed by atoms with Crippen molar-refractivity contribution in [1.82, 2.24) is 4.90 Å². The molecule has 0 unspecified atom stereocenters. The monoisotopic (exact) mass is 215 g/mol. The van der Waals surface area contributed by atoms with Crippen molar-refractivity contribution in [3.8, 4) is 0 Å². The minimum Gasteiger partial charge on any atom is -0.378 e. The second-order valence-corrected chi connectivity index (χ2v) is 4.95. The van der Waals surface area contributed by atoms with E-state index in [-0.39, 0.29) is 0 Å². The maximum Gasteiger partial charge on any atom is 0.0180 e.